The lowest BCUT2D eigenvalue weighted by Crippen LogP contribution is -2.15. The number of nitrogens with one attached hydrogen (secondary N) is 1. The Kier molecular flexibility index (Phi) is 5.63. The van der Waals surface area contributed by atoms with Crippen LogP contribution in [0.3, 0.4) is 0 Å². The number of rotatable bonds is 7. The van der Waals surface area contributed by atoms with E-state index in [1.54, 1.807) is 14.2 Å². The van der Waals surface area contributed by atoms with E-state index in [-0.39, 0.29) is 0 Å². The molecule has 0 saturated carbocycles. The molecule has 1 atom stereocenters. The quantitative estimate of drug-likeness (QED) is 0.764. The van der Waals surface area contributed by atoms with E-state index in [1.807, 2.05) is 18.2 Å². The second kappa shape index (κ2) is 7.01. The lowest BCUT2D eigenvalue weighted by molar-refractivity contribution is 0.395. The lowest BCUT2D eigenvalue weighted by Gasteiger charge is -2.15. The van der Waals surface area contributed by atoms with Gasteiger partial charge in [0.2, 0.25) is 0 Å². The zero-order chi connectivity index (χ0) is 12.7. The zero-order valence-corrected chi connectivity index (χ0v) is 10.8. The normalized spacial score (nSPS) is 12.0. The molecule has 1 rings (SSSR count). The van der Waals surface area contributed by atoms with Gasteiger partial charge in [0.1, 0.15) is 11.5 Å². The monoisotopic (exact) mass is 238 g/mol. The molecule has 4 nitrogen and oxygen atoms in total. The van der Waals surface area contributed by atoms with Gasteiger partial charge < -0.3 is 20.5 Å². The molecule has 96 valence electrons. The summed E-state index contributed by atoms with van der Waals surface area (Å²) in [5.41, 5.74) is 6.51. The molecule has 3 N–H and O–H groups in total. The van der Waals surface area contributed by atoms with Gasteiger partial charge in [0.05, 0.1) is 19.9 Å². The highest BCUT2D eigenvalue weighted by Crippen LogP contribution is 2.29. The summed E-state index contributed by atoms with van der Waals surface area (Å²) in [4.78, 5) is 0. The summed E-state index contributed by atoms with van der Waals surface area (Å²) >= 11 is 0. The summed E-state index contributed by atoms with van der Waals surface area (Å²) in [6.45, 7) is 3.79. The number of methoxy groups -OCH3 is 2. The first-order valence-electron chi connectivity index (χ1n) is 5.87. The Morgan fingerprint density at radius 1 is 1.29 bits per heavy atom. The molecule has 0 amide bonds. The average Bonchev–Trinajstić information content (AvgIpc) is 2.36. The van der Waals surface area contributed by atoms with Crippen LogP contribution in [0.2, 0.25) is 0 Å². The van der Waals surface area contributed by atoms with Gasteiger partial charge in [-0.15, -0.1) is 0 Å². The van der Waals surface area contributed by atoms with Crippen LogP contribution in [-0.4, -0.2) is 27.3 Å². The standard InChI is InChI=1S/C13H22N2O2/c1-10(6-7-14)9-15-12-5-4-11(16-2)8-13(12)17-3/h4-5,8,10,15H,6-7,9,14H2,1-3H3. The minimum atomic E-state index is 0.548. The molecule has 0 bridgehead atoms. The molecule has 0 spiro atoms. The van der Waals surface area contributed by atoms with E-state index in [0.717, 1.165) is 36.7 Å². The molecule has 0 radical (unpaired) electrons. The molecule has 1 aromatic carbocycles. The van der Waals surface area contributed by atoms with Crippen molar-refractivity contribution in [2.45, 2.75) is 13.3 Å². The highest BCUT2D eigenvalue weighted by Gasteiger charge is 2.06. The molecule has 0 aliphatic heterocycles. The molecule has 1 unspecified atom stereocenters. The molecule has 0 aliphatic rings. The van der Waals surface area contributed by atoms with Crippen LogP contribution < -0.4 is 20.5 Å². The molecular weight excluding hydrogens is 216 g/mol. The van der Waals surface area contributed by atoms with E-state index >= 15 is 0 Å². The lowest BCUT2D eigenvalue weighted by atomic mass is 10.1. The topological polar surface area (TPSA) is 56.5 Å². The van der Waals surface area contributed by atoms with Crippen LogP contribution in [0.4, 0.5) is 5.69 Å². The van der Waals surface area contributed by atoms with Crippen molar-refractivity contribution in [3.8, 4) is 11.5 Å². The van der Waals surface area contributed by atoms with Crippen LogP contribution in [0.1, 0.15) is 13.3 Å². The minimum Gasteiger partial charge on any atom is -0.497 e. The van der Waals surface area contributed by atoms with Crippen molar-refractivity contribution in [3.63, 3.8) is 0 Å². The average molecular weight is 238 g/mol. The number of anilines is 1. The van der Waals surface area contributed by atoms with Gasteiger partial charge in [-0.3, -0.25) is 0 Å². The first-order chi connectivity index (χ1) is 8.21. The van der Waals surface area contributed by atoms with E-state index in [4.69, 9.17) is 15.2 Å². The first-order valence-corrected chi connectivity index (χ1v) is 5.87. The van der Waals surface area contributed by atoms with Gasteiger partial charge in [-0.1, -0.05) is 6.92 Å². The van der Waals surface area contributed by atoms with Crippen LogP contribution in [0.25, 0.3) is 0 Å². The van der Waals surface area contributed by atoms with Gasteiger partial charge in [0.25, 0.3) is 0 Å². The van der Waals surface area contributed by atoms with Gasteiger partial charge in [0.15, 0.2) is 0 Å². The van der Waals surface area contributed by atoms with E-state index in [9.17, 15) is 0 Å². The fraction of sp³-hybridized carbons (Fsp3) is 0.538. The Bertz CT molecular complexity index is 342. The largest absolute Gasteiger partial charge is 0.497 e. The van der Waals surface area contributed by atoms with Crippen LogP contribution in [0, 0.1) is 5.92 Å². The highest BCUT2D eigenvalue weighted by molar-refractivity contribution is 5.59. The third-order valence-electron chi connectivity index (χ3n) is 2.71. The van der Waals surface area contributed by atoms with Crippen molar-refractivity contribution >= 4 is 5.69 Å². The summed E-state index contributed by atoms with van der Waals surface area (Å²) < 4.78 is 10.5. The molecule has 0 aromatic heterocycles. The van der Waals surface area contributed by atoms with Crippen molar-refractivity contribution in [1.82, 2.24) is 0 Å². The Labute approximate surface area is 103 Å². The second-order valence-electron chi connectivity index (χ2n) is 4.13. The summed E-state index contributed by atoms with van der Waals surface area (Å²) in [5.74, 6) is 2.14. The highest BCUT2D eigenvalue weighted by atomic mass is 16.5. The van der Waals surface area contributed by atoms with Crippen LogP contribution >= 0.6 is 0 Å². The Balaban J connectivity index is 2.63. The summed E-state index contributed by atoms with van der Waals surface area (Å²) in [6.07, 6.45) is 1.02. The number of ether oxygens (including phenoxy) is 2. The van der Waals surface area contributed by atoms with Crippen molar-refractivity contribution in [1.29, 1.82) is 0 Å². The Hall–Kier alpha value is -1.42. The van der Waals surface area contributed by atoms with E-state index in [0.29, 0.717) is 5.92 Å². The van der Waals surface area contributed by atoms with Gasteiger partial charge >= 0.3 is 0 Å². The molecular formula is C13H22N2O2. The van der Waals surface area contributed by atoms with Crippen molar-refractivity contribution in [2.24, 2.45) is 11.7 Å². The van der Waals surface area contributed by atoms with E-state index in [1.165, 1.54) is 0 Å². The predicted octanol–water partition coefficient (Wildman–Crippen LogP) is 2.10. The fourth-order valence-electron chi connectivity index (χ4n) is 1.62. The molecule has 0 fully saturated rings. The fourth-order valence-corrected chi connectivity index (χ4v) is 1.62. The number of hydrogen-bond acceptors (Lipinski definition) is 4. The van der Waals surface area contributed by atoms with Crippen LogP contribution in [-0.2, 0) is 0 Å². The van der Waals surface area contributed by atoms with Gasteiger partial charge in [-0.2, -0.15) is 0 Å². The maximum atomic E-state index is 5.52. The Morgan fingerprint density at radius 3 is 2.65 bits per heavy atom. The van der Waals surface area contributed by atoms with Crippen molar-refractivity contribution in [2.75, 3.05) is 32.6 Å². The number of nitrogens with two attached hydrogens (primary N) is 1. The number of benzene rings is 1. The molecule has 1 aromatic rings. The van der Waals surface area contributed by atoms with Gasteiger partial charge in [-0.25, -0.2) is 0 Å². The van der Waals surface area contributed by atoms with Crippen LogP contribution in [0.5, 0.6) is 11.5 Å². The second-order valence-corrected chi connectivity index (χ2v) is 4.13. The Morgan fingerprint density at radius 2 is 2.06 bits per heavy atom. The molecule has 17 heavy (non-hydrogen) atoms. The third kappa shape index (κ3) is 4.15. The minimum absolute atomic E-state index is 0.548. The smallest absolute Gasteiger partial charge is 0.145 e. The van der Waals surface area contributed by atoms with E-state index in [2.05, 4.69) is 12.2 Å². The predicted molar refractivity (Wildman–Crippen MR) is 70.9 cm³/mol. The third-order valence-corrected chi connectivity index (χ3v) is 2.71. The van der Waals surface area contributed by atoms with Crippen molar-refractivity contribution < 1.29 is 9.47 Å². The zero-order valence-electron chi connectivity index (χ0n) is 10.8. The summed E-state index contributed by atoms with van der Waals surface area (Å²) in [7, 11) is 3.30. The van der Waals surface area contributed by atoms with Crippen molar-refractivity contribution in [3.05, 3.63) is 18.2 Å². The summed E-state index contributed by atoms with van der Waals surface area (Å²) in [6, 6.07) is 5.75. The molecule has 4 heteroatoms. The van der Waals surface area contributed by atoms with Gasteiger partial charge in [0, 0.05) is 12.6 Å². The molecule has 0 saturated heterocycles. The molecule has 0 aliphatic carbocycles. The first kappa shape index (κ1) is 13.6. The van der Waals surface area contributed by atoms with E-state index < -0.39 is 0 Å². The maximum Gasteiger partial charge on any atom is 0.145 e. The SMILES string of the molecule is COc1ccc(NCC(C)CCN)c(OC)c1. The van der Waals surface area contributed by atoms with Gasteiger partial charge in [-0.05, 0) is 31.0 Å². The molecule has 0 heterocycles. The summed E-state index contributed by atoms with van der Waals surface area (Å²) in [5, 5.41) is 3.36. The number of hydrogen-bond donors (Lipinski definition) is 2. The maximum absolute atomic E-state index is 5.52. The van der Waals surface area contributed by atoms with Crippen LogP contribution in [0.15, 0.2) is 18.2 Å².